The van der Waals surface area contributed by atoms with E-state index in [-0.39, 0.29) is 55.3 Å². The van der Waals surface area contributed by atoms with E-state index in [0.717, 1.165) is 18.4 Å². The minimum absolute atomic E-state index is 0.0785. The van der Waals surface area contributed by atoms with E-state index in [9.17, 15) is 18.4 Å². The highest BCUT2D eigenvalue weighted by molar-refractivity contribution is 5.93. The highest BCUT2D eigenvalue weighted by atomic mass is 19.3. The number of nitrogens with zero attached hydrogens (tertiary/aromatic N) is 6. The molecule has 2 atom stereocenters. The van der Waals surface area contributed by atoms with Gasteiger partial charge >= 0.3 is 6.03 Å². The third kappa shape index (κ3) is 4.86. The monoisotopic (exact) mass is 514 g/mol. The van der Waals surface area contributed by atoms with Gasteiger partial charge in [-0.3, -0.25) is 4.79 Å². The predicted octanol–water partition coefficient (Wildman–Crippen LogP) is 3.20. The molecular weight excluding hydrogens is 486 g/mol. The Labute approximate surface area is 210 Å². The highest BCUT2D eigenvalue weighted by Crippen LogP contribution is 2.42. The minimum Gasteiger partial charge on any atom is -0.342 e. The van der Waals surface area contributed by atoms with E-state index in [2.05, 4.69) is 26.0 Å². The van der Waals surface area contributed by atoms with E-state index in [1.165, 1.54) is 0 Å². The Bertz CT molecular complexity index is 1330. The molecule has 3 aromatic heterocycles. The fourth-order valence-corrected chi connectivity index (χ4v) is 5.30. The van der Waals surface area contributed by atoms with Crippen LogP contribution < -0.4 is 10.6 Å². The Morgan fingerprint density at radius 1 is 1.27 bits per heavy atom. The quantitative estimate of drug-likeness (QED) is 0.495. The summed E-state index contributed by atoms with van der Waals surface area (Å²) in [5, 5.41) is 18.0. The van der Waals surface area contributed by atoms with Crippen LogP contribution in [0.5, 0.6) is 0 Å². The molecule has 2 saturated carbocycles. The van der Waals surface area contributed by atoms with Gasteiger partial charge in [-0.05, 0) is 55.3 Å². The number of imidazole rings is 1. The second-order valence-corrected chi connectivity index (χ2v) is 10.5. The maximum absolute atomic E-state index is 13.9. The second kappa shape index (κ2) is 9.03. The van der Waals surface area contributed by atoms with Gasteiger partial charge in [-0.2, -0.15) is 5.10 Å². The van der Waals surface area contributed by atoms with Gasteiger partial charge in [0.25, 0.3) is 5.91 Å². The van der Waals surface area contributed by atoms with Crippen LogP contribution in [0, 0.1) is 5.92 Å². The van der Waals surface area contributed by atoms with Crippen LogP contribution in [0.3, 0.4) is 0 Å². The van der Waals surface area contributed by atoms with Gasteiger partial charge in [0.05, 0.1) is 24.1 Å². The number of hydrogen-bond acceptors (Lipinski definition) is 7. The number of rotatable bonds is 7. The molecule has 196 valence electrons. The summed E-state index contributed by atoms with van der Waals surface area (Å²) in [6, 6.07) is 1.19. The average Bonchev–Trinajstić information content (AvgIpc) is 3.28. The lowest BCUT2D eigenvalue weighted by Crippen LogP contribution is -2.37. The van der Waals surface area contributed by atoms with Crippen molar-refractivity contribution in [2.45, 2.75) is 75.9 Å². The smallest absolute Gasteiger partial charge is 0.318 e. The van der Waals surface area contributed by atoms with Gasteiger partial charge < -0.3 is 15.5 Å². The van der Waals surface area contributed by atoms with Crippen LogP contribution in [0.15, 0.2) is 23.1 Å². The normalized spacial score (nSPS) is 22.8. The van der Waals surface area contributed by atoms with E-state index in [1.807, 2.05) is 13.0 Å². The lowest BCUT2D eigenvalue weighted by atomic mass is 9.81. The van der Waals surface area contributed by atoms with Crippen LogP contribution in [0.25, 0.3) is 5.65 Å². The standard InChI is InChI=1S/C24H28F2N8O3/c1-13-10-33(23(36)28-13)11-14-8-18-29-17(12-34(18)27-9-14)19(16-4-6-24(25,26)7-5-16)30-22(35)21-20(15-2-3-15)31-37-32-21/h8-9,12-13,15-16,19H,2-7,10-11H2,1H3,(H,28,36)(H,30,35). The van der Waals surface area contributed by atoms with Crippen LogP contribution in [0.1, 0.15) is 84.8 Å². The lowest BCUT2D eigenvalue weighted by molar-refractivity contribution is -0.0495. The zero-order chi connectivity index (χ0) is 25.7. The predicted molar refractivity (Wildman–Crippen MR) is 125 cm³/mol. The molecule has 0 bridgehead atoms. The molecule has 0 aromatic carbocycles. The number of carbonyl (C=O) groups is 2. The number of nitrogens with one attached hydrogen (secondary N) is 2. The van der Waals surface area contributed by atoms with E-state index < -0.39 is 17.9 Å². The van der Waals surface area contributed by atoms with Gasteiger partial charge in [0.1, 0.15) is 5.69 Å². The molecule has 11 nitrogen and oxygen atoms in total. The zero-order valence-electron chi connectivity index (χ0n) is 20.4. The van der Waals surface area contributed by atoms with Gasteiger partial charge in [0.15, 0.2) is 11.3 Å². The Kier molecular flexibility index (Phi) is 5.80. The SMILES string of the molecule is CC1CN(Cc2cnn3cc(C(NC(=O)c4nonc4C4CC4)C4CCC(F)(F)CC4)nc3c2)C(=O)N1. The number of aromatic nitrogens is 5. The van der Waals surface area contributed by atoms with Gasteiger partial charge in [-0.1, -0.05) is 5.16 Å². The summed E-state index contributed by atoms with van der Waals surface area (Å²) < 4.78 is 34.3. The van der Waals surface area contributed by atoms with Crippen molar-refractivity contribution in [3.8, 4) is 0 Å². The summed E-state index contributed by atoms with van der Waals surface area (Å²) in [7, 11) is 0. The third-order valence-corrected chi connectivity index (χ3v) is 7.45. The molecule has 3 amide bonds. The van der Waals surface area contributed by atoms with Crippen molar-refractivity contribution >= 4 is 17.6 Å². The molecular formula is C24H28F2N8O3. The topological polar surface area (TPSA) is 131 Å². The lowest BCUT2D eigenvalue weighted by Gasteiger charge is -2.33. The highest BCUT2D eigenvalue weighted by Gasteiger charge is 2.40. The average molecular weight is 515 g/mol. The first-order chi connectivity index (χ1) is 17.8. The van der Waals surface area contributed by atoms with Gasteiger partial charge in [0.2, 0.25) is 5.92 Å². The third-order valence-electron chi connectivity index (χ3n) is 7.45. The van der Waals surface area contributed by atoms with Crippen LogP contribution >= 0.6 is 0 Å². The molecule has 3 aromatic rings. The van der Waals surface area contributed by atoms with E-state index >= 15 is 0 Å². The Morgan fingerprint density at radius 3 is 2.76 bits per heavy atom. The number of halogens is 2. The first kappa shape index (κ1) is 23.7. The zero-order valence-corrected chi connectivity index (χ0v) is 20.4. The summed E-state index contributed by atoms with van der Waals surface area (Å²) in [5.74, 6) is -3.22. The van der Waals surface area contributed by atoms with E-state index in [4.69, 9.17) is 9.61 Å². The Balaban J connectivity index is 1.27. The molecule has 2 unspecified atom stereocenters. The fraction of sp³-hybridized carbons (Fsp3) is 0.583. The largest absolute Gasteiger partial charge is 0.342 e. The molecule has 13 heteroatoms. The molecule has 3 aliphatic rings. The van der Waals surface area contributed by atoms with Crippen molar-refractivity contribution in [3.05, 3.63) is 41.1 Å². The van der Waals surface area contributed by atoms with E-state index in [0.29, 0.717) is 30.1 Å². The minimum atomic E-state index is -2.70. The molecule has 0 radical (unpaired) electrons. The molecule has 2 N–H and O–H groups in total. The molecule has 3 fully saturated rings. The molecule has 0 spiro atoms. The maximum Gasteiger partial charge on any atom is 0.318 e. The van der Waals surface area contributed by atoms with Gasteiger partial charge in [-0.25, -0.2) is 27.7 Å². The Hall–Kier alpha value is -3.64. The summed E-state index contributed by atoms with van der Waals surface area (Å²) in [5.41, 5.74) is 2.56. The van der Waals surface area contributed by atoms with Crippen molar-refractivity contribution < 1.29 is 23.0 Å². The molecule has 1 saturated heterocycles. The number of urea groups is 1. The molecule has 4 heterocycles. The van der Waals surface area contributed by atoms with Crippen LogP contribution in [-0.4, -0.2) is 60.3 Å². The number of carbonyl (C=O) groups excluding carboxylic acids is 2. The van der Waals surface area contributed by atoms with Crippen molar-refractivity contribution in [1.29, 1.82) is 0 Å². The fourth-order valence-electron chi connectivity index (χ4n) is 5.30. The molecule has 2 aliphatic carbocycles. The van der Waals surface area contributed by atoms with Crippen molar-refractivity contribution in [1.82, 2.24) is 40.4 Å². The summed E-state index contributed by atoms with van der Waals surface area (Å²) in [6.45, 7) is 2.94. The summed E-state index contributed by atoms with van der Waals surface area (Å²) in [4.78, 5) is 31.7. The second-order valence-electron chi connectivity index (χ2n) is 10.5. The number of amides is 3. The first-order valence-electron chi connectivity index (χ1n) is 12.7. The molecule has 37 heavy (non-hydrogen) atoms. The number of alkyl halides is 2. The van der Waals surface area contributed by atoms with Gasteiger partial charge in [-0.15, -0.1) is 0 Å². The first-order valence-corrected chi connectivity index (χ1v) is 12.7. The van der Waals surface area contributed by atoms with Crippen molar-refractivity contribution in [2.75, 3.05) is 6.54 Å². The maximum atomic E-state index is 13.9. The molecule has 6 rings (SSSR count). The molecule has 1 aliphatic heterocycles. The van der Waals surface area contributed by atoms with Crippen molar-refractivity contribution in [3.63, 3.8) is 0 Å². The van der Waals surface area contributed by atoms with Crippen LogP contribution in [-0.2, 0) is 6.54 Å². The van der Waals surface area contributed by atoms with Gasteiger partial charge in [0, 0.05) is 37.9 Å². The Morgan fingerprint density at radius 2 is 2.05 bits per heavy atom. The van der Waals surface area contributed by atoms with Crippen molar-refractivity contribution in [2.24, 2.45) is 5.92 Å². The number of hydrogen-bond donors (Lipinski definition) is 2. The van der Waals surface area contributed by atoms with Crippen LogP contribution in [0.4, 0.5) is 13.6 Å². The van der Waals surface area contributed by atoms with Crippen LogP contribution in [0.2, 0.25) is 0 Å². The summed E-state index contributed by atoms with van der Waals surface area (Å²) in [6.07, 6.45) is 5.25. The van der Waals surface area contributed by atoms with E-state index in [1.54, 1.807) is 21.8 Å². The summed E-state index contributed by atoms with van der Waals surface area (Å²) >= 11 is 0. The number of fused-ring (bicyclic) bond motifs is 1.